The molecule has 28 heavy (non-hydrogen) atoms. The number of nitrogens with zero attached hydrogens (tertiary/aromatic N) is 3. The summed E-state index contributed by atoms with van der Waals surface area (Å²) in [6.45, 7) is 2.01. The monoisotopic (exact) mass is 404 g/mol. The number of amides is 2. The number of methoxy groups -OCH3 is 1. The average Bonchev–Trinajstić information content (AvgIpc) is 3.15. The van der Waals surface area contributed by atoms with Crippen LogP contribution in [0.1, 0.15) is 0 Å². The summed E-state index contributed by atoms with van der Waals surface area (Å²) in [5, 5.41) is 3.19. The number of carbonyl (C=O) groups is 1. The Bertz CT molecular complexity index is 998. The fourth-order valence-corrected chi connectivity index (χ4v) is 4.15. The van der Waals surface area contributed by atoms with Gasteiger partial charge >= 0.3 is 6.03 Å². The topological polar surface area (TPSA) is 57.7 Å². The van der Waals surface area contributed by atoms with Gasteiger partial charge in [0.1, 0.15) is 28.6 Å². The summed E-state index contributed by atoms with van der Waals surface area (Å²) in [5.41, 5.74) is 0.397. The minimum Gasteiger partial charge on any atom is -0.494 e. The van der Waals surface area contributed by atoms with E-state index in [4.69, 9.17) is 4.74 Å². The third kappa shape index (κ3) is 3.45. The zero-order valence-electron chi connectivity index (χ0n) is 15.1. The third-order valence-corrected chi connectivity index (χ3v) is 5.70. The van der Waals surface area contributed by atoms with Gasteiger partial charge in [-0.15, -0.1) is 0 Å². The van der Waals surface area contributed by atoms with Gasteiger partial charge in [0, 0.05) is 26.2 Å². The lowest BCUT2D eigenvalue weighted by Gasteiger charge is -2.34. The first-order chi connectivity index (χ1) is 13.6. The molecule has 2 aromatic carbocycles. The first-order valence-electron chi connectivity index (χ1n) is 8.75. The number of para-hydroxylation sites is 2. The summed E-state index contributed by atoms with van der Waals surface area (Å²) in [6.07, 6.45) is 0. The lowest BCUT2D eigenvalue weighted by molar-refractivity contribution is 0.208. The molecule has 146 valence electrons. The second-order valence-electron chi connectivity index (χ2n) is 6.30. The van der Waals surface area contributed by atoms with Gasteiger partial charge in [-0.2, -0.15) is 0 Å². The molecule has 0 bridgehead atoms. The van der Waals surface area contributed by atoms with E-state index >= 15 is 0 Å². The summed E-state index contributed by atoms with van der Waals surface area (Å²) >= 11 is 1.57. The van der Waals surface area contributed by atoms with Crippen LogP contribution in [0.5, 0.6) is 5.75 Å². The van der Waals surface area contributed by atoms with Crippen molar-refractivity contribution in [3.05, 3.63) is 48.0 Å². The number of nitrogens with one attached hydrogen (secondary N) is 1. The largest absolute Gasteiger partial charge is 0.494 e. The molecule has 0 atom stereocenters. The van der Waals surface area contributed by atoms with Crippen LogP contribution in [0, 0.1) is 11.6 Å². The summed E-state index contributed by atoms with van der Waals surface area (Å²) < 4.78 is 33.8. The van der Waals surface area contributed by atoms with Gasteiger partial charge in [-0.3, -0.25) is 0 Å². The molecule has 2 heterocycles. The number of anilines is 2. The van der Waals surface area contributed by atoms with Crippen LogP contribution < -0.4 is 15.0 Å². The van der Waals surface area contributed by atoms with Gasteiger partial charge in [-0.25, -0.2) is 18.6 Å². The molecule has 0 unspecified atom stereocenters. The lowest BCUT2D eigenvalue weighted by Crippen LogP contribution is -2.50. The number of urea groups is 1. The number of benzene rings is 2. The van der Waals surface area contributed by atoms with E-state index in [9.17, 15) is 13.6 Å². The predicted molar refractivity (Wildman–Crippen MR) is 105 cm³/mol. The first kappa shape index (κ1) is 18.4. The van der Waals surface area contributed by atoms with E-state index in [-0.39, 0.29) is 0 Å². The Morgan fingerprint density at radius 3 is 2.46 bits per heavy atom. The highest BCUT2D eigenvalue weighted by Crippen LogP contribution is 2.34. The molecule has 3 aromatic rings. The molecule has 1 saturated heterocycles. The Balaban J connectivity index is 1.43. The number of ether oxygens (including phenoxy) is 1. The van der Waals surface area contributed by atoms with E-state index < -0.39 is 23.4 Å². The first-order valence-corrected chi connectivity index (χ1v) is 9.57. The maximum Gasteiger partial charge on any atom is 0.322 e. The van der Waals surface area contributed by atoms with Crippen LogP contribution in [-0.4, -0.2) is 49.2 Å². The highest BCUT2D eigenvalue weighted by atomic mass is 32.1. The molecule has 4 rings (SSSR count). The van der Waals surface area contributed by atoms with Crippen molar-refractivity contribution in [1.82, 2.24) is 9.88 Å². The second kappa shape index (κ2) is 7.59. The zero-order valence-corrected chi connectivity index (χ0v) is 15.9. The van der Waals surface area contributed by atoms with Crippen LogP contribution in [0.3, 0.4) is 0 Å². The molecule has 1 aliphatic heterocycles. The van der Waals surface area contributed by atoms with Gasteiger partial charge in [0.2, 0.25) is 0 Å². The average molecular weight is 404 g/mol. The summed E-state index contributed by atoms with van der Waals surface area (Å²) in [6, 6.07) is 8.74. The molecule has 0 spiro atoms. The van der Waals surface area contributed by atoms with E-state index in [0.29, 0.717) is 26.2 Å². The van der Waals surface area contributed by atoms with E-state index in [0.717, 1.165) is 33.2 Å². The fourth-order valence-electron chi connectivity index (χ4n) is 3.12. The number of hydrogen-bond donors (Lipinski definition) is 1. The van der Waals surface area contributed by atoms with Gasteiger partial charge in [0.05, 0.1) is 11.8 Å². The number of thiazole rings is 1. The maximum atomic E-state index is 13.7. The molecule has 1 aliphatic rings. The Labute approximate surface area is 164 Å². The highest BCUT2D eigenvalue weighted by molar-refractivity contribution is 7.22. The predicted octanol–water partition coefficient (Wildman–Crippen LogP) is 3.94. The zero-order chi connectivity index (χ0) is 19.7. The van der Waals surface area contributed by atoms with E-state index in [1.807, 2.05) is 18.2 Å². The molecular weight excluding hydrogens is 386 g/mol. The second-order valence-corrected chi connectivity index (χ2v) is 7.31. The van der Waals surface area contributed by atoms with Crippen LogP contribution >= 0.6 is 11.3 Å². The van der Waals surface area contributed by atoms with Gasteiger partial charge in [0.15, 0.2) is 5.13 Å². The van der Waals surface area contributed by atoms with E-state index in [2.05, 4.69) is 15.2 Å². The maximum absolute atomic E-state index is 13.7. The molecule has 9 heteroatoms. The van der Waals surface area contributed by atoms with Crippen LogP contribution in [0.15, 0.2) is 36.4 Å². The molecule has 2 amide bonds. The van der Waals surface area contributed by atoms with Crippen molar-refractivity contribution >= 4 is 38.4 Å². The van der Waals surface area contributed by atoms with Gasteiger partial charge in [0.25, 0.3) is 0 Å². The SMILES string of the molecule is COc1cccc2sc(N3CCN(C(=O)Nc4c(F)cccc4F)CC3)nc12. The molecule has 6 nitrogen and oxygen atoms in total. The number of halogens is 2. The minimum absolute atomic E-state index is 0.423. The van der Waals surface area contributed by atoms with Crippen LogP contribution in [-0.2, 0) is 0 Å². The van der Waals surface area contributed by atoms with Gasteiger partial charge in [-0.1, -0.05) is 23.5 Å². The number of carbonyl (C=O) groups excluding carboxylic acids is 1. The molecule has 1 N–H and O–H groups in total. The minimum atomic E-state index is -0.796. The van der Waals surface area contributed by atoms with Crippen molar-refractivity contribution in [3.8, 4) is 5.75 Å². The number of piperazine rings is 1. The van der Waals surface area contributed by atoms with E-state index in [1.54, 1.807) is 18.4 Å². The highest BCUT2D eigenvalue weighted by Gasteiger charge is 2.24. The number of fused-ring (bicyclic) bond motifs is 1. The van der Waals surface area contributed by atoms with Crippen molar-refractivity contribution < 1.29 is 18.3 Å². The number of rotatable bonds is 3. The van der Waals surface area contributed by atoms with Crippen molar-refractivity contribution in [2.45, 2.75) is 0 Å². The van der Waals surface area contributed by atoms with Crippen LogP contribution in [0.4, 0.5) is 24.4 Å². The summed E-state index contributed by atoms with van der Waals surface area (Å²) in [4.78, 5) is 20.7. The van der Waals surface area contributed by atoms with E-state index in [1.165, 1.54) is 11.0 Å². The van der Waals surface area contributed by atoms with Gasteiger partial charge in [-0.05, 0) is 24.3 Å². The Kier molecular flexibility index (Phi) is 4.99. The van der Waals surface area contributed by atoms with Crippen molar-refractivity contribution in [3.63, 3.8) is 0 Å². The summed E-state index contributed by atoms with van der Waals surface area (Å²) in [7, 11) is 1.61. The normalized spacial score (nSPS) is 14.4. The fraction of sp³-hybridized carbons (Fsp3) is 0.263. The molecule has 0 radical (unpaired) electrons. The quantitative estimate of drug-likeness (QED) is 0.719. The standard InChI is InChI=1S/C19H18F2N4O2S/c1-27-14-6-3-7-15-17(14)23-19(28-15)25-10-8-24(9-11-25)18(26)22-16-12(20)4-2-5-13(16)21/h2-7H,8-11H2,1H3,(H,22,26). The lowest BCUT2D eigenvalue weighted by atomic mass is 10.3. The van der Waals surface area contributed by atoms with Gasteiger partial charge < -0.3 is 19.9 Å². The third-order valence-electron chi connectivity index (χ3n) is 4.62. The molecular formula is C19H18F2N4O2S. The smallest absolute Gasteiger partial charge is 0.322 e. The Morgan fingerprint density at radius 1 is 1.11 bits per heavy atom. The van der Waals surface area contributed by atoms with Crippen LogP contribution in [0.2, 0.25) is 0 Å². The molecule has 0 saturated carbocycles. The van der Waals surface area contributed by atoms with Crippen LogP contribution in [0.25, 0.3) is 10.2 Å². The molecule has 0 aliphatic carbocycles. The van der Waals surface area contributed by atoms with Crippen molar-refractivity contribution in [2.24, 2.45) is 0 Å². The Hall–Kier alpha value is -2.94. The molecule has 1 fully saturated rings. The number of hydrogen-bond acceptors (Lipinski definition) is 5. The number of aromatic nitrogens is 1. The van der Waals surface area contributed by atoms with Crippen molar-refractivity contribution in [2.75, 3.05) is 43.5 Å². The van der Waals surface area contributed by atoms with Crippen molar-refractivity contribution in [1.29, 1.82) is 0 Å². The Morgan fingerprint density at radius 2 is 1.79 bits per heavy atom. The molecule has 1 aromatic heterocycles. The summed E-state index contributed by atoms with van der Waals surface area (Å²) in [5.74, 6) is -0.865.